The van der Waals surface area contributed by atoms with Crippen molar-refractivity contribution in [2.45, 2.75) is 33.1 Å². The van der Waals surface area contributed by atoms with Crippen LogP contribution >= 0.6 is 0 Å². The number of nitrogens with zero attached hydrogens (tertiary/aromatic N) is 2. The van der Waals surface area contributed by atoms with Gasteiger partial charge in [-0.1, -0.05) is 26.8 Å². The Morgan fingerprint density at radius 2 is 1.89 bits per heavy atom. The summed E-state index contributed by atoms with van der Waals surface area (Å²) in [6.45, 7) is 8.56. The third-order valence-corrected chi connectivity index (χ3v) is 3.01. The quantitative estimate of drug-likeness (QED) is 0.808. The fourth-order valence-electron chi connectivity index (χ4n) is 1.88. The van der Waals surface area contributed by atoms with Crippen molar-refractivity contribution in [2.24, 2.45) is 0 Å². The first-order chi connectivity index (χ1) is 8.41. The van der Waals surface area contributed by atoms with Gasteiger partial charge in [0.2, 0.25) is 0 Å². The fraction of sp³-hybridized carbons (Fsp3) is 0.400. The van der Waals surface area contributed by atoms with Gasteiger partial charge in [-0.2, -0.15) is 5.10 Å². The van der Waals surface area contributed by atoms with Crippen LogP contribution < -0.4 is 4.74 Å². The fourth-order valence-corrected chi connectivity index (χ4v) is 1.88. The maximum Gasteiger partial charge on any atom is 0.144 e. The molecule has 0 N–H and O–H groups in total. The number of hydrogen-bond acceptors (Lipinski definition) is 2. The van der Waals surface area contributed by atoms with Crippen LogP contribution in [0.2, 0.25) is 0 Å². The summed E-state index contributed by atoms with van der Waals surface area (Å²) in [6, 6.07) is 8.27. The molecule has 3 heteroatoms. The first kappa shape index (κ1) is 12.7. The van der Waals surface area contributed by atoms with Gasteiger partial charge < -0.3 is 4.74 Å². The lowest BCUT2D eigenvalue weighted by atomic mass is 9.87. The van der Waals surface area contributed by atoms with E-state index in [1.54, 1.807) is 7.11 Å². The molecule has 0 bridgehead atoms. The minimum absolute atomic E-state index is 0.117. The van der Waals surface area contributed by atoms with Gasteiger partial charge in [0.05, 0.1) is 12.8 Å². The van der Waals surface area contributed by atoms with Crippen LogP contribution in [0.1, 0.15) is 32.0 Å². The number of aromatic nitrogens is 2. The Bertz CT molecular complexity index is 550. The molecule has 0 amide bonds. The first-order valence-electron chi connectivity index (χ1n) is 6.13. The number of benzene rings is 1. The lowest BCUT2D eigenvalue weighted by Crippen LogP contribution is -2.11. The Hall–Kier alpha value is -1.77. The van der Waals surface area contributed by atoms with E-state index in [1.165, 1.54) is 5.56 Å². The van der Waals surface area contributed by atoms with Crippen LogP contribution in [-0.4, -0.2) is 16.9 Å². The second kappa shape index (κ2) is 4.48. The monoisotopic (exact) mass is 244 g/mol. The van der Waals surface area contributed by atoms with Crippen molar-refractivity contribution >= 4 is 0 Å². The Morgan fingerprint density at radius 1 is 1.17 bits per heavy atom. The lowest BCUT2D eigenvalue weighted by molar-refractivity contribution is 0.409. The van der Waals surface area contributed by atoms with Gasteiger partial charge in [0.15, 0.2) is 0 Å². The molecule has 1 aromatic heterocycles. The molecular weight excluding hydrogens is 224 g/mol. The van der Waals surface area contributed by atoms with E-state index >= 15 is 0 Å². The molecule has 3 nitrogen and oxygen atoms in total. The van der Waals surface area contributed by atoms with Crippen molar-refractivity contribution < 1.29 is 4.74 Å². The van der Waals surface area contributed by atoms with Crippen LogP contribution in [0.5, 0.6) is 5.75 Å². The molecule has 1 aromatic carbocycles. The molecule has 2 aromatic rings. The molecule has 18 heavy (non-hydrogen) atoms. The second-order valence-corrected chi connectivity index (χ2v) is 5.54. The van der Waals surface area contributed by atoms with Crippen molar-refractivity contribution in [1.29, 1.82) is 0 Å². The molecule has 0 aliphatic carbocycles. The molecule has 1 heterocycles. The maximum absolute atomic E-state index is 5.48. The maximum atomic E-state index is 5.48. The van der Waals surface area contributed by atoms with Gasteiger partial charge in [0, 0.05) is 6.20 Å². The molecule has 96 valence electrons. The van der Waals surface area contributed by atoms with Crippen LogP contribution in [-0.2, 0) is 5.41 Å². The predicted molar refractivity (Wildman–Crippen MR) is 73.6 cm³/mol. The van der Waals surface area contributed by atoms with Gasteiger partial charge in [0.25, 0.3) is 0 Å². The molecule has 2 rings (SSSR count). The summed E-state index contributed by atoms with van der Waals surface area (Å²) in [5.41, 5.74) is 3.34. The van der Waals surface area contributed by atoms with Gasteiger partial charge in [-0.15, -0.1) is 0 Å². The summed E-state index contributed by atoms with van der Waals surface area (Å²) < 4.78 is 7.33. The summed E-state index contributed by atoms with van der Waals surface area (Å²) in [7, 11) is 1.70. The molecule has 0 aliphatic rings. The van der Waals surface area contributed by atoms with Gasteiger partial charge in [0.1, 0.15) is 11.4 Å². The Kier molecular flexibility index (Phi) is 3.16. The molecule has 0 unspecified atom stereocenters. The van der Waals surface area contributed by atoms with Crippen molar-refractivity contribution in [3.63, 3.8) is 0 Å². The van der Waals surface area contributed by atoms with Gasteiger partial charge >= 0.3 is 0 Å². The van der Waals surface area contributed by atoms with Crippen LogP contribution in [0, 0.1) is 6.92 Å². The number of hydrogen-bond donors (Lipinski definition) is 0. The van der Waals surface area contributed by atoms with Crippen molar-refractivity contribution in [1.82, 2.24) is 9.78 Å². The third-order valence-electron chi connectivity index (χ3n) is 3.01. The molecule has 0 fully saturated rings. The summed E-state index contributed by atoms with van der Waals surface area (Å²) in [4.78, 5) is 0. The predicted octanol–water partition coefficient (Wildman–Crippen LogP) is 3.49. The first-order valence-corrected chi connectivity index (χ1v) is 6.13. The SMILES string of the molecule is COc1cc(C(C)(C)C)ccc1-n1ccc(C)n1. The van der Waals surface area contributed by atoms with E-state index in [0.717, 1.165) is 17.1 Å². The topological polar surface area (TPSA) is 27.1 Å². The van der Waals surface area contributed by atoms with E-state index in [2.05, 4.69) is 44.1 Å². The summed E-state index contributed by atoms with van der Waals surface area (Å²) in [5, 5.41) is 4.42. The van der Waals surface area contributed by atoms with Crippen LogP contribution in [0.15, 0.2) is 30.5 Å². The molecule has 0 spiro atoms. The zero-order valence-corrected chi connectivity index (χ0v) is 11.7. The number of ether oxygens (including phenoxy) is 1. The Morgan fingerprint density at radius 3 is 2.39 bits per heavy atom. The highest BCUT2D eigenvalue weighted by Crippen LogP contribution is 2.30. The largest absolute Gasteiger partial charge is 0.494 e. The van der Waals surface area contributed by atoms with E-state index in [4.69, 9.17) is 4.74 Å². The Labute approximate surface area is 108 Å². The second-order valence-electron chi connectivity index (χ2n) is 5.54. The number of methoxy groups -OCH3 is 1. The van der Waals surface area contributed by atoms with Gasteiger partial charge in [-0.25, -0.2) is 4.68 Å². The van der Waals surface area contributed by atoms with E-state index in [1.807, 2.05) is 23.9 Å². The molecule has 0 radical (unpaired) electrons. The molecule has 0 atom stereocenters. The summed E-state index contributed by atoms with van der Waals surface area (Å²) in [5.74, 6) is 0.852. The highest BCUT2D eigenvalue weighted by Gasteiger charge is 2.16. The number of aryl methyl sites for hydroxylation is 1. The number of rotatable bonds is 2. The minimum Gasteiger partial charge on any atom is -0.494 e. The third kappa shape index (κ3) is 2.40. The average Bonchev–Trinajstić information content (AvgIpc) is 2.73. The summed E-state index contributed by atoms with van der Waals surface area (Å²) >= 11 is 0. The van der Waals surface area contributed by atoms with Crippen LogP contribution in [0.3, 0.4) is 0 Å². The van der Waals surface area contributed by atoms with E-state index in [0.29, 0.717) is 0 Å². The normalized spacial score (nSPS) is 11.6. The minimum atomic E-state index is 0.117. The molecule has 0 saturated carbocycles. The highest BCUT2D eigenvalue weighted by atomic mass is 16.5. The highest BCUT2D eigenvalue weighted by molar-refractivity contribution is 5.49. The van der Waals surface area contributed by atoms with Crippen LogP contribution in [0.4, 0.5) is 0 Å². The van der Waals surface area contributed by atoms with Crippen molar-refractivity contribution in [3.05, 3.63) is 41.7 Å². The van der Waals surface area contributed by atoms with E-state index < -0.39 is 0 Å². The molecule has 0 aliphatic heterocycles. The van der Waals surface area contributed by atoms with Crippen LogP contribution in [0.25, 0.3) is 5.69 Å². The lowest BCUT2D eigenvalue weighted by Gasteiger charge is -2.20. The van der Waals surface area contributed by atoms with E-state index in [-0.39, 0.29) is 5.41 Å². The summed E-state index contributed by atoms with van der Waals surface area (Å²) in [6.07, 6.45) is 1.95. The molecule has 0 saturated heterocycles. The smallest absolute Gasteiger partial charge is 0.144 e. The Balaban J connectivity index is 2.50. The standard InChI is InChI=1S/C15H20N2O/c1-11-8-9-17(16-11)13-7-6-12(15(2,3)4)10-14(13)18-5/h6-10H,1-5H3. The zero-order valence-electron chi connectivity index (χ0n) is 11.7. The van der Waals surface area contributed by atoms with Gasteiger partial charge in [-0.05, 0) is 36.1 Å². The van der Waals surface area contributed by atoms with E-state index in [9.17, 15) is 0 Å². The van der Waals surface area contributed by atoms with Gasteiger partial charge in [-0.3, -0.25) is 0 Å². The zero-order chi connectivity index (χ0) is 13.3. The molecular formula is C15H20N2O. The average molecular weight is 244 g/mol. The van der Waals surface area contributed by atoms with Crippen molar-refractivity contribution in [2.75, 3.05) is 7.11 Å². The van der Waals surface area contributed by atoms with Crippen molar-refractivity contribution in [3.8, 4) is 11.4 Å².